The van der Waals surface area contributed by atoms with Gasteiger partial charge in [-0.2, -0.15) is 0 Å². The highest BCUT2D eigenvalue weighted by Gasteiger charge is 2.46. The van der Waals surface area contributed by atoms with Crippen LogP contribution < -0.4 is 31.3 Å². The van der Waals surface area contributed by atoms with Gasteiger partial charge in [-0.15, -0.1) is 0 Å². The van der Waals surface area contributed by atoms with Crippen molar-refractivity contribution in [3.05, 3.63) is 232 Å². The Hall–Kier alpha value is -8.68. The molecule has 0 saturated heterocycles. The maximum atomic E-state index is 12.4. The Bertz CT molecular complexity index is 3560. The first-order chi connectivity index (χ1) is 42.5. The molecular weight excluding hydrogens is 1120 g/mol. The number of ether oxygens (including phenoxy) is 1. The molecule has 88 heavy (non-hydrogen) atoms. The predicted molar refractivity (Wildman–Crippen MR) is 355 cm³/mol. The quantitative estimate of drug-likeness (QED) is 0.0527. The number of carbonyl (C=O) groups is 4. The van der Waals surface area contributed by atoms with Crippen LogP contribution in [0.25, 0.3) is 0 Å². The summed E-state index contributed by atoms with van der Waals surface area (Å²) in [5.74, 6) is 3.45. The Morgan fingerprint density at radius 3 is 1.15 bits per heavy atom. The molecule has 14 heteroatoms. The lowest BCUT2D eigenvalue weighted by atomic mass is 10.00. The summed E-state index contributed by atoms with van der Waals surface area (Å²) in [6.07, 6.45) is 12.4. The largest absolute Gasteiger partial charge is 0.494 e. The summed E-state index contributed by atoms with van der Waals surface area (Å²) in [7, 11) is 1.88. The molecule has 4 aliphatic rings. The van der Waals surface area contributed by atoms with Crippen molar-refractivity contribution in [1.82, 2.24) is 15.0 Å². The summed E-state index contributed by atoms with van der Waals surface area (Å²) in [5, 5.41) is 15.6. The first kappa shape index (κ1) is 63.8. The second kappa shape index (κ2) is 30.3. The smallest absolute Gasteiger partial charge is 0.228 e. The third-order valence-electron chi connectivity index (χ3n) is 16.7. The van der Waals surface area contributed by atoms with Gasteiger partial charge in [0.15, 0.2) is 0 Å². The van der Waals surface area contributed by atoms with Gasteiger partial charge in [-0.1, -0.05) is 112 Å². The third-order valence-corrected chi connectivity index (χ3v) is 16.9. The summed E-state index contributed by atoms with van der Waals surface area (Å²) in [6.45, 7) is 15.0. The highest BCUT2D eigenvalue weighted by molar-refractivity contribution is 6.30. The number of nitrogens with zero attached hydrogens (tertiary/aromatic N) is 3. The van der Waals surface area contributed by atoms with Crippen LogP contribution in [0.4, 0.5) is 28.4 Å². The van der Waals surface area contributed by atoms with Crippen molar-refractivity contribution in [2.24, 2.45) is 23.7 Å². The van der Waals surface area contributed by atoms with Gasteiger partial charge in [0.05, 0.1) is 42.3 Å². The lowest BCUT2D eigenvalue weighted by Crippen LogP contribution is -2.14. The highest BCUT2D eigenvalue weighted by atomic mass is 35.5. The lowest BCUT2D eigenvalue weighted by molar-refractivity contribution is -0.118. The molecule has 456 valence electrons. The van der Waals surface area contributed by atoms with Gasteiger partial charge >= 0.3 is 0 Å². The second-order valence-corrected chi connectivity index (χ2v) is 24.3. The average molecular weight is 1200 g/mol. The monoisotopic (exact) mass is 1200 g/mol. The molecule has 0 radical (unpaired) electrons. The van der Waals surface area contributed by atoms with E-state index in [1.165, 1.54) is 46.2 Å². The second-order valence-electron chi connectivity index (χ2n) is 23.9. The van der Waals surface area contributed by atoms with Gasteiger partial charge in [-0.3, -0.25) is 34.1 Å². The molecule has 4 aliphatic carbocycles. The number of nitrogens with one attached hydrogen (secondary N) is 5. The molecule has 5 N–H and O–H groups in total. The SMILES string of the molecule is CCCCc1ccc(C2CC2C(=O)Nc2ccc(NC)cc2)cc1.CCOc1ccc(C2CC2C(=O)Nc2ccc(C)nc2)cc1.Cc1ccc(NC(=O)C2CC2c2ccc(C(C)C)cc2)cn1.Cc1ccc(NC(=O)C2CC2c2ccc(Cl)cc2)cn1. The van der Waals surface area contributed by atoms with Crippen molar-refractivity contribution in [2.75, 3.05) is 40.2 Å². The van der Waals surface area contributed by atoms with Gasteiger partial charge in [0, 0.05) is 64.2 Å². The first-order valence-corrected chi connectivity index (χ1v) is 31.4. The molecule has 12 rings (SSSR count). The first-order valence-electron chi connectivity index (χ1n) is 31.0. The molecule has 4 fully saturated rings. The Kier molecular flexibility index (Phi) is 22.0. The number of halogens is 1. The molecule has 8 aromatic rings. The Morgan fingerprint density at radius 2 is 0.807 bits per heavy atom. The number of unbranched alkanes of at least 4 members (excludes halogenated alkanes) is 1. The van der Waals surface area contributed by atoms with Crippen LogP contribution in [0, 0.1) is 44.4 Å². The van der Waals surface area contributed by atoms with Crippen LogP contribution in [-0.4, -0.2) is 52.2 Å². The zero-order valence-corrected chi connectivity index (χ0v) is 52.6. The van der Waals surface area contributed by atoms with Crippen LogP contribution >= 0.6 is 11.6 Å². The Labute approximate surface area is 524 Å². The molecule has 3 aromatic heterocycles. The van der Waals surface area contributed by atoms with Crippen LogP contribution in [0.1, 0.15) is 146 Å². The van der Waals surface area contributed by atoms with Crippen molar-refractivity contribution in [1.29, 1.82) is 0 Å². The van der Waals surface area contributed by atoms with Crippen LogP contribution in [0.3, 0.4) is 0 Å². The van der Waals surface area contributed by atoms with Crippen LogP contribution in [0.15, 0.2) is 176 Å². The summed E-state index contributed by atoms with van der Waals surface area (Å²) in [4.78, 5) is 61.6. The topological polar surface area (TPSA) is 176 Å². The number of rotatable bonds is 19. The van der Waals surface area contributed by atoms with Crippen molar-refractivity contribution in [3.63, 3.8) is 0 Å². The van der Waals surface area contributed by atoms with Crippen LogP contribution in [0.5, 0.6) is 5.75 Å². The number of pyridine rings is 3. The van der Waals surface area contributed by atoms with E-state index in [0.29, 0.717) is 36.2 Å². The van der Waals surface area contributed by atoms with Crippen LogP contribution in [-0.2, 0) is 25.6 Å². The standard InChI is InChI=1S/C21H26N2O.C19H22N2O.C18H20N2O2.C16H15ClN2O/c1-3-4-5-15-6-8-16(9-7-15)19-14-20(19)21(24)23-18-12-10-17(22-2)11-13-18;1-12(2)14-5-7-15(8-6-14)17-10-18(17)19(22)21-16-9-4-13(3)20-11-16;1-3-22-15-8-5-13(6-9-15)16-10-17(16)18(21)20-14-7-4-12(2)19-11-14;1-10-2-7-13(9-18-10)19-16(20)15-8-14(15)11-3-5-12(17)6-4-11/h6-13,19-20,22H,3-5,14H2,1-2H3,(H,23,24);4-9,11-12,17-18H,10H2,1-3H3,(H,21,22);4-9,11,16-17H,3,10H2,1-2H3,(H,20,21);2-7,9,14-15H,8H2,1H3,(H,19,20). The van der Waals surface area contributed by atoms with E-state index in [2.05, 4.69) is 123 Å². The van der Waals surface area contributed by atoms with Crippen molar-refractivity contribution >= 4 is 63.7 Å². The van der Waals surface area contributed by atoms with E-state index in [0.717, 1.165) is 88.4 Å². The number of anilines is 5. The van der Waals surface area contributed by atoms with Gasteiger partial charge in [0.25, 0.3) is 0 Å². The maximum Gasteiger partial charge on any atom is 0.228 e. The summed E-state index contributed by atoms with van der Waals surface area (Å²) < 4.78 is 5.44. The van der Waals surface area contributed by atoms with Gasteiger partial charge in [-0.25, -0.2) is 0 Å². The van der Waals surface area contributed by atoms with E-state index in [-0.39, 0.29) is 47.3 Å². The van der Waals surface area contributed by atoms with Crippen molar-refractivity contribution in [3.8, 4) is 5.75 Å². The van der Waals surface area contributed by atoms with Gasteiger partial charge in [0.1, 0.15) is 5.75 Å². The summed E-state index contributed by atoms with van der Waals surface area (Å²) in [6, 6.07) is 52.4. The van der Waals surface area contributed by atoms with Gasteiger partial charge in [-0.05, 0) is 214 Å². The molecule has 13 nitrogen and oxygen atoms in total. The minimum atomic E-state index is 0.0532. The van der Waals surface area contributed by atoms with Gasteiger partial charge in [0.2, 0.25) is 23.6 Å². The number of hydrogen-bond acceptors (Lipinski definition) is 9. The minimum absolute atomic E-state index is 0.0532. The van der Waals surface area contributed by atoms with E-state index in [1.54, 1.807) is 18.6 Å². The molecular formula is C74H83ClN8O5. The number of aromatic nitrogens is 3. The molecule has 0 aliphatic heterocycles. The third kappa shape index (κ3) is 18.4. The summed E-state index contributed by atoms with van der Waals surface area (Å²) in [5.41, 5.74) is 14.7. The van der Waals surface area contributed by atoms with E-state index in [1.807, 2.05) is 132 Å². The Morgan fingerprint density at radius 1 is 0.466 bits per heavy atom. The number of carbonyl (C=O) groups excluding carboxylic acids is 4. The fourth-order valence-corrected chi connectivity index (χ4v) is 11.0. The number of benzene rings is 5. The summed E-state index contributed by atoms with van der Waals surface area (Å²) >= 11 is 5.87. The van der Waals surface area contributed by atoms with Gasteiger partial charge < -0.3 is 31.3 Å². The lowest BCUT2D eigenvalue weighted by Gasteiger charge is -2.07. The maximum absolute atomic E-state index is 12.4. The molecule has 4 amide bonds. The molecule has 0 spiro atoms. The van der Waals surface area contributed by atoms with E-state index >= 15 is 0 Å². The highest BCUT2D eigenvalue weighted by Crippen LogP contribution is 2.51. The van der Waals surface area contributed by atoms with E-state index < -0.39 is 0 Å². The zero-order chi connectivity index (χ0) is 62.3. The number of aryl methyl sites for hydroxylation is 4. The zero-order valence-electron chi connectivity index (χ0n) is 51.9. The molecule has 8 atom stereocenters. The van der Waals surface area contributed by atoms with Crippen molar-refractivity contribution in [2.45, 2.75) is 123 Å². The fraction of sp³-hybridized carbons (Fsp3) is 0.338. The number of hydrogen-bond donors (Lipinski definition) is 5. The van der Waals surface area contributed by atoms with E-state index in [4.69, 9.17) is 16.3 Å². The Balaban J connectivity index is 0.000000140. The fourth-order valence-electron chi connectivity index (χ4n) is 10.8. The van der Waals surface area contributed by atoms with E-state index in [9.17, 15) is 19.2 Å². The number of amides is 4. The molecule has 0 bridgehead atoms. The minimum Gasteiger partial charge on any atom is -0.494 e. The van der Waals surface area contributed by atoms with Crippen LogP contribution in [0.2, 0.25) is 5.02 Å². The average Bonchev–Trinajstić information content (AvgIpc) is 2.38. The predicted octanol–water partition coefficient (Wildman–Crippen LogP) is 16.4. The molecule has 4 saturated carbocycles. The molecule has 5 aromatic carbocycles. The normalized spacial score (nSPS) is 19.7. The van der Waals surface area contributed by atoms with Crippen molar-refractivity contribution < 1.29 is 23.9 Å². The molecule has 8 unspecified atom stereocenters. The molecule has 3 heterocycles.